The van der Waals surface area contributed by atoms with Gasteiger partial charge in [0.1, 0.15) is 0 Å². The second kappa shape index (κ2) is 3.08. The van der Waals surface area contributed by atoms with Crippen LogP contribution in [0.4, 0.5) is 0 Å². The molecule has 0 aromatic heterocycles. The van der Waals surface area contributed by atoms with Gasteiger partial charge in [-0.25, -0.2) is 0 Å². The van der Waals surface area contributed by atoms with E-state index in [4.69, 9.17) is 23.2 Å². The van der Waals surface area contributed by atoms with E-state index in [0.717, 1.165) is 0 Å². The van der Waals surface area contributed by atoms with Gasteiger partial charge >= 0.3 is 0 Å². The molecule has 0 aromatic carbocycles. The highest BCUT2D eigenvalue weighted by Crippen LogP contribution is 2.54. The number of alkyl halides is 1. The van der Waals surface area contributed by atoms with E-state index >= 15 is 0 Å². The molecule has 0 aliphatic heterocycles. The van der Waals surface area contributed by atoms with Gasteiger partial charge in [0.2, 0.25) is 0 Å². The number of hydrogen-bond acceptors (Lipinski definition) is 0. The van der Waals surface area contributed by atoms with Crippen molar-refractivity contribution in [2.45, 2.75) is 33.1 Å². The van der Waals surface area contributed by atoms with Crippen LogP contribution in [0.1, 0.15) is 27.7 Å². The molecule has 0 aromatic rings. The van der Waals surface area contributed by atoms with E-state index in [1.807, 2.05) is 0 Å². The first-order valence-electron chi connectivity index (χ1n) is 4.05. The van der Waals surface area contributed by atoms with Gasteiger partial charge in [-0.05, 0) is 25.0 Å². The zero-order chi connectivity index (χ0) is 9.52. The molecule has 1 atom stereocenters. The highest BCUT2D eigenvalue weighted by Gasteiger charge is 2.47. The molecule has 0 saturated heterocycles. The first-order valence-corrected chi connectivity index (χ1v) is 4.93. The van der Waals surface area contributed by atoms with Crippen molar-refractivity contribution in [1.82, 2.24) is 0 Å². The molecule has 0 spiro atoms. The van der Waals surface area contributed by atoms with Gasteiger partial charge in [-0.2, -0.15) is 0 Å². The SMILES string of the molecule is CC(C)=C1/C(=C/Cl)C(C)(C)C1Cl. The summed E-state index contributed by atoms with van der Waals surface area (Å²) in [6.07, 6.45) is 0. The van der Waals surface area contributed by atoms with Crippen LogP contribution in [0.5, 0.6) is 0 Å². The molecule has 0 nitrogen and oxygen atoms in total. The van der Waals surface area contributed by atoms with Crippen molar-refractivity contribution in [3.63, 3.8) is 0 Å². The van der Waals surface area contributed by atoms with Crippen LogP contribution >= 0.6 is 23.2 Å². The van der Waals surface area contributed by atoms with Crippen LogP contribution in [0.3, 0.4) is 0 Å². The molecular formula is C10H14Cl2. The van der Waals surface area contributed by atoms with Crippen molar-refractivity contribution in [3.8, 4) is 0 Å². The topological polar surface area (TPSA) is 0 Å². The summed E-state index contributed by atoms with van der Waals surface area (Å²) in [5, 5.41) is 0.118. The summed E-state index contributed by atoms with van der Waals surface area (Å²) < 4.78 is 0. The van der Waals surface area contributed by atoms with Gasteiger partial charge in [-0.15, -0.1) is 11.6 Å². The fraction of sp³-hybridized carbons (Fsp3) is 0.600. The Kier molecular flexibility index (Phi) is 2.60. The Morgan fingerprint density at radius 3 is 2.17 bits per heavy atom. The Hall–Kier alpha value is 0.0600. The molecule has 12 heavy (non-hydrogen) atoms. The minimum atomic E-state index is 0.0376. The molecule has 1 unspecified atom stereocenters. The quantitative estimate of drug-likeness (QED) is 0.522. The first kappa shape index (κ1) is 10.1. The standard InChI is InChI=1S/C10H14Cl2/c1-6(2)8-7(5-11)10(3,4)9(8)12/h5,9H,1-4H3/b7-5-. The van der Waals surface area contributed by atoms with Gasteiger partial charge in [0.15, 0.2) is 0 Å². The van der Waals surface area contributed by atoms with Crippen LogP contribution in [-0.4, -0.2) is 5.38 Å². The Balaban J connectivity index is 3.09. The summed E-state index contributed by atoms with van der Waals surface area (Å²) in [7, 11) is 0. The van der Waals surface area contributed by atoms with Crippen molar-refractivity contribution in [2.24, 2.45) is 5.41 Å². The number of halogens is 2. The molecule has 2 heteroatoms. The van der Waals surface area contributed by atoms with E-state index in [1.54, 1.807) is 5.54 Å². The van der Waals surface area contributed by atoms with Crippen LogP contribution in [0.2, 0.25) is 0 Å². The molecule has 1 saturated carbocycles. The fourth-order valence-electron chi connectivity index (χ4n) is 1.63. The largest absolute Gasteiger partial charge is 0.117 e. The Labute approximate surface area is 84.2 Å². The average molecular weight is 205 g/mol. The predicted octanol–water partition coefficient (Wildman–Crippen LogP) is 4.09. The van der Waals surface area contributed by atoms with Crippen molar-refractivity contribution >= 4 is 23.2 Å². The molecule has 0 amide bonds. The number of rotatable bonds is 0. The summed E-state index contributed by atoms with van der Waals surface area (Å²) in [6.45, 7) is 8.37. The third-order valence-electron chi connectivity index (χ3n) is 2.52. The Morgan fingerprint density at radius 2 is 1.92 bits per heavy atom. The van der Waals surface area contributed by atoms with E-state index in [2.05, 4.69) is 27.7 Å². The average Bonchev–Trinajstić information content (AvgIpc) is 1.97. The first-order chi connectivity index (χ1) is 5.42. The normalized spacial score (nSPS) is 30.3. The molecule has 1 rings (SSSR count). The summed E-state index contributed by atoms with van der Waals surface area (Å²) in [6, 6.07) is 0. The van der Waals surface area contributed by atoms with Crippen LogP contribution in [0.15, 0.2) is 22.3 Å². The summed E-state index contributed by atoms with van der Waals surface area (Å²) in [5.74, 6) is 0. The molecule has 1 fully saturated rings. The van der Waals surface area contributed by atoms with E-state index in [0.29, 0.717) is 0 Å². The zero-order valence-electron chi connectivity index (χ0n) is 7.91. The summed E-state index contributed by atoms with van der Waals surface area (Å²) in [4.78, 5) is 0. The molecule has 68 valence electrons. The third-order valence-corrected chi connectivity index (χ3v) is 3.50. The zero-order valence-corrected chi connectivity index (χ0v) is 9.42. The van der Waals surface area contributed by atoms with Gasteiger partial charge < -0.3 is 0 Å². The maximum absolute atomic E-state index is 6.22. The minimum absolute atomic E-state index is 0.0376. The van der Waals surface area contributed by atoms with Gasteiger partial charge in [-0.3, -0.25) is 0 Å². The van der Waals surface area contributed by atoms with E-state index in [9.17, 15) is 0 Å². The van der Waals surface area contributed by atoms with E-state index < -0.39 is 0 Å². The Bertz CT molecular complexity index is 255. The predicted molar refractivity (Wildman–Crippen MR) is 55.7 cm³/mol. The highest BCUT2D eigenvalue weighted by molar-refractivity contribution is 6.29. The lowest BCUT2D eigenvalue weighted by Gasteiger charge is -2.47. The lowest BCUT2D eigenvalue weighted by Crippen LogP contribution is -2.42. The van der Waals surface area contributed by atoms with E-state index in [-0.39, 0.29) is 10.8 Å². The van der Waals surface area contributed by atoms with Crippen molar-refractivity contribution in [3.05, 3.63) is 22.3 Å². The smallest absolute Gasteiger partial charge is 0.0679 e. The van der Waals surface area contributed by atoms with Gasteiger partial charge in [0.05, 0.1) is 5.38 Å². The van der Waals surface area contributed by atoms with Crippen LogP contribution in [-0.2, 0) is 0 Å². The lowest BCUT2D eigenvalue weighted by molar-refractivity contribution is 0.386. The second-order valence-corrected chi connectivity index (χ2v) is 4.68. The second-order valence-electron chi connectivity index (χ2n) is 4.02. The maximum Gasteiger partial charge on any atom is 0.0679 e. The molecule has 0 heterocycles. The summed E-state index contributed by atoms with van der Waals surface area (Å²) in [5.41, 5.74) is 5.36. The van der Waals surface area contributed by atoms with Gasteiger partial charge in [0.25, 0.3) is 0 Å². The fourth-order valence-corrected chi connectivity index (χ4v) is 2.48. The summed E-state index contributed by atoms with van der Waals surface area (Å²) >= 11 is 12.0. The molecule has 0 radical (unpaired) electrons. The van der Waals surface area contributed by atoms with Crippen molar-refractivity contribution in [2.75, 3.05) is 0 Å². The molecule has 0 N–H and O–H groups in total. The molecular weight excluding hydrogens is 191 g/mol. The minimum Gasteiger partial charge on any atom is -0.117 e. The number of hydrogen-bond donors (Lipinski definition) is 0. The third kappa shape index (κ3) is 1.22. The van der Waals surface area contributed by atoms with Crippen LogP contribution in [0.25, 0.3) is 0 Å². The van der Waals surface area contributed by atoms with Gasteiger partial charge in [0, 0.05) is 11.0 Å². The maximum atomic E-state index is 6.22. The van der Waals surface area contributed by atoms with Crippen LogP contribution in [0, 0.1) is 5.41 Å². The van der Waals surface area contributed by atoms with E-state index in [1.165, 1.54) is 16.7 Å². The molecule has 0 bridgehead atoms. The van der Waals surface area contributed by atoms with Crippen LogP contribution < -0.4 is 0 Å². The lowest BCUT2D eigenvalue weighted by atomic mass is 9.62. The monoisotopic (exact) mass is 204 g/mol. The molecule has 1 aliphatic rings. The van der Waals surface area contributed by atoms with Crippen molar-refractivity contribution < 1.29 is 0 Å². The molecule has 1 aliphatic carbocycles. The van der Waals surface area contributed by atoms with Crippen molar-refractivity contribution in [1.29, 1.82) is 0 Å². The Morgan fingerprint density at radius 1 is 1.42 bits per heavy atom. The highest BCUT2D eigenvalue weighted by atomic mass is 35.5. The van der Waals surface area contributed by atoms with Gasteiger partial charge in [-0.1, -0.05) is 31.0 Å². The number of allylic oxidation sites excluding steroid dienone is 3.